The number of rotatable bonds is 5. The number of aromatic nitrogens is 6. The molecule has 9 nitrogen and oxygen atoms in total. The predicted octanol–water partition coefficient (Wildman–Crippen LogP) is 1.46. The molecule has 130 valence electrons. The van der Waals surface area contributed by atoms with Crippen molar-refractivity contribution in [2.45, 2.75) is 13.0 Å². The van der Waals surface area contributed by atoms with E-state index in [-0.39, 0.29) is 24.4 Å². The summed E-state index contributed by atoms with van der Waals surface area (Å²) < 4.78 is 2.97. The molecule has 1 N–H and O–H groups in total. The van der Waals surface area contributed by atoms with E-state index in [0.717, 1.165) is 5.69 Å². The van der Waals surface area contributed by atoms with Crippen LogP contribution in [0.2, 0.25) is 0 Å². The average Bonchev–Trinajstić information content (AvgIpc) is 3.34. The van der Waals surface area contributed by atoms with Crippen LogP contribution in [0.15, 0.2) is 53.2 Å². The Morgan fingerprint density at radius 2 is 2.00 bits per heavy atom. The third-order valence-corrected chi connectivity index (χ3v) is 4.62. The van der Waals surface area contributed by atoms with E-state index in [9.17, 15) is 9.59 Å². The predicted molar refractivity (Wildman–Crippen MR) is 96.3 cm³/mol. The summed E-state index contributed by atoms with van der Waals surface area (Å²) in [6.07, 6.45) is 3.14. The summed E-state index contributed by atoms with van der Waals surface area (Å²) in [5.74, 6) is -0.183. The molecule has 0 radical (unpaired) electrons. The van der Waals surface area contributed by atoms with Gasteiger partial charge in [0.1, 0.15) is 11.2 Å². The number of hydrogen-bond donors (Lipinski definition) is 1. The van der Waals surface area contributed by atoms with Crippen molar-refractivity contribution in [3.63, 3.8) is 0 Å². The molecule has 0 fully saturated rings. The number of aryl methyl sites for hydroxylation is 1. The fraction of sp³-hybridized carbons (Fsp3) is 0.125. The SMILES string of the molecule is O=C(CCn1cnc2sccc2c1=O)Nc1ccc(-n2cnnn2)cc1. The van der Waals surface area contributed by atoms with Crippen LogP contribution in [0.3, 0.4) is 0 Å². The number of fused-ring (bicyclic) bond motifs is 1. The Morgan fingerprint density at radius 1 is 1.15 bits per heavy atom. The molecule has 0 aliphatic heterocycles. The van der Waals surface area contributed by atoms with Gasteiger partial charge in [0.2, 0.25) is 5.91 Å². The molecule has 4 rings (SSSR count). The van der Waals surface area contributed by atoms with Crippen molar-refractivity contribution in [3.05, 3.63) is 58.7 Å². The third kappa shape index (κ3) is 3.22. The van der Waals surface area contributed by atoms with Gasteiger partial charge in [0.05, 0.1) is 17.4 Å². The molecule has 0 spiro atoms. The van der Waals surface area contributed by atoms with Crippen LogP contribution in [0.5, 0.6) is 0 Å². The first kappa shape index (κ1) is 16.1. The molecule has 0 atom stereocenters. The number of amides is 1. The molecule has 3 heterocycles. The lowest BCUT2D eigenvalue weighted by atomic mass is 10.2. The minimum absolute atomic E-state index is 0.130. The summed E-state index contributed by atoms with van der Waals surface area (Å²) >= 11 is 1.42. The number of nitrogens with one attached hydrogen (secondary N) is 1. The zero-order valence-electron chi connectivity index (χ0n) is 13.4. The molecule has 1 amide bonds. The van der Waals surface area contributed by atoms with E-state index < -0.39 is 0 Å². The van der Waals surface area contributed by atoms with Gasteiger partial charge in [-0.1, -0.05) is 0 Å². The highest BCUT2D eigenvalue weighted by atomic mass is 32.1. The molecule has 0 unspecified atom stereocenters. The maximum absolute atomic E-state index is 12.3. The summed E-state index contributed by atoms with van der Waals surface area (Å²) in [6, 6.07) is 8.87. The Labute approximate surface area is 150 Å². The number of benzene rings is 1. The van der Waals surface area contributed by atoms with Crippen LogP contribution in [0.1, 0.15) is 6.42 Å². The van der Waals surface area contributed by atoms with Crippen LogP contribution in [0.25, 0.3) is 15.9 Å². The summed E-state index contributed by atoms with van der Waals surface area (Å²) in [6.45, 7) is 0.270. The average molecular weight is 367 g/mol. The quantitative estimate of drug-likeness (QED) is 0.572. The molecule has 0 saturated carbocycles. The largest absolute Gasteiger partial charge is 0.326 e. The Morgan fingerprint density at radius 3 is 2.77 bits per heavy atom. The van der Waals surface area contributed by atoms with E-state index in [4.69, 9.17) is 0 Å². The first-order valence-electron chi connectivity index (χ1n) is 7.76. The van der Waals surface area contributed by atoms with Gasteiger partial charge in [0.25, 0.3) is 5.56 Å². The topological polar surface area (TPSA) is 108 Å². The molecule has 0 aliphatic rings. The van der Waals surface area contributed by atoms with Crippen LogP contribution in [0, 0.1) is 0 Å². The van der Waals surface area contributed by atoms with E-state index >= 15 is 0 Å². The van der Waals surface area contributed by atoms with Crippen LogP contribution >= 0.6 is 11.3 Å². The lowest BCUT2D eigenvalue weighted by Gasteiger charge is -2.07. The number of anilines is 1. The van der Waals surface area contributed by atoms with Crippen molar-refractivity contribution in [1.29, 1.82) is 0 Å². The Bertz CT molecular complexity index is 1100. The Balaban J connectivity index is 1.39. The molecular formula is C16H13N7O2S. The highest BCUT2D eigenvalue weighted by Gasteiger charge is 2.08. The van der Waals surface area contributed by atoms with Gasteiger partial charge in [0, 0.05) is 18.7 Å². The number of carbonyl (C=O) groups is 1. The summed E-state index contributed by atoms with van der Waals surface area (Å²) in [5, 5.41) is 16.2. The molecule has 26 heavy (non-hydrogen) atoms. The van der Waals surface area contributed by atoms with Gasteiger partial charge >= 0.3 is 0 Å². The van der Waals surface area contributed by atoms with Crippen molar-refractivity contribution in [1.82, 2.24) is 29.8 Å². The van der Waals surface area contributed by atoms with Crippen molar-refractivity contribution >= 4 is 33.1 Å². The van der Waals surface area contributed by atoms with Crippen molar-refractivity contribution in [2.75, 3.05) is 5.32 Å². The minimum Gasteiger partial charge on any atom is -0.326 e. The standard InChI is InChI=1S/C16H13N7O2S/c24-14(5-7-22-9-17-15-13(16(22)25)6-8-26-15)19-11-1-3-12(4-2-11)23-10-18-20-21-23/h1-4,6,8-10H,5,7H2,(H,19,24). The lowest BCUT2D eigenvalue weighted by Crippen LogP contribution is -2.23. The van der Waals surface area contributed by atoms with E-state index in [1.807, 2.05) is 5.38 Å². The molecule has 4 aromatic rings. The molecule has 0 aliphatic carbocycles. The zero-order chi connectivity index (χ0) is 17.9. The van der Waals surface area contributed by atoms with E-state index in [1.165, 1.54) is 33.2 Å². The Hall–Kier alpha value is -3.40. The number of nitrogens with zero attached hydrogens (tertiary/aromatic N) is 6. The summed E-state index contributed by atoms with van der Waals surface area (Å²) in [5.41, 5.74) is 1.31. The third-order valence-electron chi connectivity index (χ3n) is 3.79. The van der Waals surface area contributed by atoms with Crippen LogP contribution in [-0.4, -0.2) is 35.7 Å². The molecule has 3 aromatic heterocycles. The molecule has 10 heteroatoms. The summed E-state index contributed by atoms with van der Waals surface area (Å²) in [7, 11) is 0. The highest BCUT2D eigenvalue weighted by Crippen LogP contribution is 2.14. The van der Waals surface area contributed by atoms with Gasteiger partial charge in [-0.3, -0.25) is 14.2 Å². The second-order valence-corrected chi connectivity index (χ2v) is 6.38. The van der Waals surface area contributed by atoms with Crippen molar-refractivity contribution in [2.24, 2.45) is 0 Å². The maximum Gasteiger partial charge on any atom is 0.262 e. The molecular weight excluding hydrogens is 354 g/mol. The van der Waals surface area contributed by atoms with Gasteiger partial charge in [-0.15, -0.1) is 16.4 Å². The van der Waals surface area contributed by atoms with E-state index in [2.05, 4.69) is 25.8 Å². The second kappa shape index (κ2) is 6.84. The molecule has 0 bridgehead atoms. The molecule has 1 aromatic carbocycles. The fourth-order valence-corrected chi connectivity index (χ4v) is 3.20. The monoisotopic (exact) mass is 367 g/mol. The van der Waals surface area contributed by atoms with Gasteiger partial charge < -0.3 is 5.32 Å². The van der Waals surface area contributed by atoms with Crippen molar-refractivity contribution < 1.29 is 4.79 Å². The number of carbonyl (C=O) groups excluding carboxylic acids is 1. The normalized spacial score (nSPS) is 10.9. The van der Waals surface area contributed by atoms with Gasteiger partial charge in [0.15, 0.2) is 0 Å². The number of thiophene rings is 1. The zero-order valence-corrected chi connectivity index (χ0v) is 14.3. The minimum atomic E-state index is -0.183. The van der Waals surface area contributed by atoms with Crippen molar-refractivity contribution in [3.8, 4) is 5.69 Å². The van der Waals surface area contributed by atoms with Gasteiger partial charge in [-0.05, 0) is 46.1 Å². The second-order valence-electron chi connectivity index (χ2n) is 5.48. The smallest absolute Gasteiger partial charge is 0.262 e. The lowest BCUT2D eigenvalue weighted by molar-refractivity contribution is -0.116. The van der Waals surface area contributed by atoms with Crippen LogP contribution in [0.4, 0.5) is 5.69 Å². The maximum atomic E-state index is 12.3. The highest BCUT2D eigenvalue weighted by molar-refractivity contribution is 7.16. The summed E-state index contributed by atoms with van der Waals surface area (Å²) in [4.78, 5) is 29.4. The van der Waals surface area contributed by atoms with Crippen LogP contribution in [-0.2, 0) is 11.3 Å². The Kier molecular flexibility index (Phi) is 4.23. The van der Waals surface area contributed by atoms with Gasteiger partial charge in [-0.25, -0.2) is 9.67 Å². The van der Waals surface area contributed by atoms with E-state index in [1.54, 1.807) is 30.3 Å². The first-order valence-corrected chi connectivity index (χ1v) is 8.64. The first-order chi connectivity index (χ1) is 12.7. The fourth-order valence-electron chi connectivity index (χ4n) is 2.48. The van der Waals surface area contributed by atoms with Gasteiger partial charge in [-0.2, -0.15) is 0 Å². The number of hydrogen-bond acceptors (Lipinski definition) is 7. The molecule has 0 saturated heterocycles. The number of tetrazole rings is 1. The van der Waals surface area contributed by atoms with Crippen LogP contribution < -0.4 is 10.9 Å². The van der Waals surface area contributed by atoms with E-state index in [0.29, 0.717) is 15.9 Å².